The van der Waals surface area contributed by atoms with Crippen LogP contribution in [0.4, 0.5) is 0 Å². The number of aromatic nitrogens is 4. The van der Waals surface area contributed by atoms with Crippen LogP contribution >= 0.6 is 11.8 Å². The van der Waals surface area contributed by atoms with E-state index >= 15 is 0 Å². The summed E-state index contributed by atoms with van der Waals surface area (Å²) in [6.45, 7) is 5.10. The van der Waals surface area contributed by atoms with Gasteiger partial charge in [-0.15, -0.1) is 5.10 Å². The number of rotatable bonds is 7. The van der Waals surface area contributed by atoms with Crippen LogP contribution < -0.4 is 0 Å². The summed E-state index contributed by atoms with van der Waals surface area (Å²) in [6.07, 6.45) is 0. The molecule has 20 heavy (non-hydrogen) atoms. The van der Waals surface area contributed by atoms with Crippen LogP contribution in [0.3, 0.4) is 0 Å². The fourth-order valence-corrected chi connectivity index (χ4v) is 2.48. The van der Waals surface area contributed by atoms with E-state index in [-0.39, 0.29) is 6.61 Å². The Bertz CT molecular complexity index is 559. The fourth-order valence-electron chi connectivity index (χ4n) is 1.74. The first kappa shape index (κ1) is 15.0. The van der Waals surface area contributed by atoms with Gasteiger partial charge in [-0.2, -0.15) is 4.68 Å². The van der Waals surface area contributed by atoms with Gasteiger partial charge < -0.3 is 9.84 Å². The number of nitrogens with zero attached hydrogens (tertiary/aromatic N) is 4. The molecular weight excluding hydrogens is 276 g/mol. The summed E-state index contributed by atoms with van der Waals surface area (Å²) in [7, 11) is 0. The summed E-state index contributed by atoms with van der Waals surface area (Å²) >= 11 is 1.53. The van der Waals surface area contributed by atoms with Crippen LogP contribution in [0.25, 0.3) is 5.69 Å². The highest BCUT2D eigenvalue weighted by Crippen LogP contribution is 2.22. The second-order valence-electron chi connectivity index (χ2n) is 4.28. The van der Waals surface area contributed by atoms with Gasteiger partial charge in [-0.3, -0.25) is 0 Å². The van der Waals surface area contributed by atoms with E-state index in [1.807, 2.05) is 12.1 Å². The summed E-state index contributed by atoms with van der Waals surface area (Å²) in [5.74, 6) is 0.741. The first-order chi connectivity index (χ1) is 9.74. The largest absolute Gasteiger partial charge is 0.394 e. The number of thioether (sulfide) groups is 1. The molecule has 1 aromatic heterocycles. The molecule has 2 rings (SSSR count). The van der Waals surface area contributed by atoms with Gasteiger partial charge in [0.15, 0.2) is 0 Å². The number of tetrazole rings is 1. The molecule has 0 aliphatic carbocycles. The highest BCUT2D eigenvalue weighted by molar-refractivity contribution is 7.99. The van der Waals surface area contributed by atoms with E-state index in [4.69, 9.17) is 9.84 Å². The number of aliphatic hydroxyl groups is 1. The van der Waals surface area contributed by atoms with Crippen molar-refractivity contribution in [2.45, 2.75) is 19.0 Å². The van der Waals surface area contributed by atoms with Crippen LogP contribution in [0.1, 0.15) is 11.1 Å². The predicted octanol–water partition coefficient (Wildman–Crippen LogP) is 1.38. The summed E-state index contributed by atoms with van der Waals surface area (Å²) in [6, 6.07) is 6.07. The highest BCUT2D eigenvalue weighted by atomic mass is 32.2. The average Bonchev–Trinajstić information content (AvgIpc) is 2.90. The van der Waals surface area contributed by atoms with Gasteiger partial charge in [0.25, 0.3) is 0 Å². The zero-order valence-electron chi connectivity index (χ0n) is 11.6. The number of ether oxygens (including phenoxy) is 1. The number of aliphatic hydroxyl groups excluding tert-OH is 1. The van der Waals surface area contributed by atoms with Crippen LogP contribution in [0.5, 0.6) is 0 Å². The molecule has 0 amide bonds. The summed E-state index contributed by atoms with van der Waals surface area (Å²) in [5.41, 5.74) is 3.37. The van der Waals surface area contributed by atoms with Crippen molar-refractivity contribution in [1.82, 2.24) is 20.2 Å². The van der Waals surface area contributed by atoms with Crippen molar-refractivity contribution in [3.63, 3.8) is 0 Å². The normalized spacial score (nSPS) is 10.9. The third-order valence-electron chi connectivity index (χ3n) is 2.94. The van der Waals surface area contributed by atoms with Crippen molar-refractivity contribution in [3.05, 3.63) is 29.3 Å². The Morgan fingerprint density at radius 3 is 2.95 bits per heavy atom. The molecular formula is C13H18N4O2S. The highest BCUT2D eigenvalue weighted by Gasteiger charge is 2.11. The molecule has 0 bridgehead atoms. The molecule has 0 saturated carbocycles. The summed E-state index contributed by atoms with van der Waals surface area (Å²) < 4.78 is 6.97. The maximum atomic E-state index is 8.63. The zero-order valence-corrected chi connectivity index (χ0v) is 12.4. The van der Waals surface area contributed by atoms with Crippen molar-refractivity contribution in [2.75, 3.05) is 25.6 Å². The number of benzene rings is 1. The minimum absolute atomic E-state index is 0.0465. The molecule has 0 radical (unpaired) electrons. The number of hydrogen-bond donors (Lipinski definition) is 1. The van der Waals surface area contributed by atoms with Gasteiger partial charge in [-0.1, -0.05) is 23.9 Å². The first-order valence-electron chi connectivity index (χ1n) is 6.40. The van der Waals surface area contributed by atoms with Gasteiger partial charge in [0, 0.05) is 5.75 Å². The Morgan fingerprint density at radius 1 is 1.30 bits per heavy atom. The molecule has 2 aromatic rings. The molecule has 7 heteroatoms. The third kappa shape index (κ3) is 3.56. The van der Waals surface area contributed by atoms with E-state index in [1.165, 1.54) is 17.3 Å². The average molecular weight is 294 g/mol. The molecule has 6 nitrogen and oxygen atoms in total. The molecule has 1 aromatic carbocycles. The van der Waals surface area contributed by atoms with E-state index in [0.29, 0.717) is 13.2 Å². The molecule has 0 aliphatic heterocycles. The zero-order chi connectivity index (χ0) is 14.4. The fraction of sp³-hybridized carbons (Fsp3) is 0.462. The molecule has 0 fully saturated rings. The number of aryl methyl sites for hydroxylation is 1. The molecule has 0 unspecified atom stereocenters. The van der Waals surface area contributed by atoms with Crippen molar-refractivity contribution in [3.8, 4) is 5.69 Å². The van der Waals surface area contributed by atoms with E-state index in [9.17, 15) is 0 Å². The lowest BCUT2D eigenvalue weighted by Crippen LogP contribution is -2.05. The Balaban J connectivity index is 2.06. The molecule has 0 spiro atoms. The summed E-state index contributed by atoms with van der Waals surface area (Å²) in [5, 5.41) is 21.2. The van der Waals surface area contributed by atoms with Crippen LogP contribution in [0.15, 0.2) is 23.4 Å². The Hall–Kier alpha value is -1.44. The second kappa shape index (κ2) is 7.37. The van der Waals surface area contributed by atoms with Gasteiger partial charge in [-0.25, -0.2) is 0 Å². The lowest BCUT2D eigenvalue weighted by molar-refractivity contribution is 0.103. The smallest absolute Gasteiger partial charge is 0.214 e. The minimum atomic E-state index is 0.0465. The van der Waals surface area contributed by atoms with Crippen molar-refractivity contribution in [2.24, 2.45) is 0 Å². The van der Waals surface area contributed by atoms with Crippen LogP contribution in [0.2, 0.25) is 0 Å². The first-order valence-corrected chi connectivity index (χ1v) is 7.39. The maximum Gasteiger partial charge on any atom is 0.214 e. The van der Waals surface area contributed by atoms with E-state index in [0.717, 1.165) is 22.2 Å². The van der Waals surface area contributed by atoms with Crippen LogP contribution in [-0.2, 0) is 4.74 Å². The van der Waals surface area contributed by atoms with E-state index in [2.05, 4.69) is 35.4 Å². The van der Waals surface area contributed by atoms with Gasteiger partial charge in [0.1, 0.15) is 0 Å². The Labute approximate surface area is 122 Å². The quantitative estimate of drug-likeness (QED) is 0.614. The van der Waals surface area contributed by atoms with Gasteiger partial charge >= 0.3 is 0 Å². The van der Waals surface area contributed by atoms with Gasteiger partial charge in [0.05, 0.1) is 25.5 Å². The van der Waals surface area contributed by atoms with Crippen LogP contribution in [0, 0.1) is 13.8 Å². The monoisotopic (exact) mass is 294 g/mol. The van der Waals surface area contributed by atoms with Crippen molar-refractivity contribution >= 4 is 11.8 Å². The second-order valence-corrected chi connectivity index (χ2v) is 5.34. The maximum absolute atomic E-state index is 8.63. The SMILES string of the molecule is Cc1cccc(-n2nnnc2SCCOCCO)c1C. The molecule has 1 heterocycles. The molecule has 1 N–H and O–H groups in total. The lowest BCUT2D eigenvalue weighted by atomic mass is 10.1. The standard InChI is InChI=1S/C13H18N4O2S/c1-10-4-3-5-12(11(10)2)17-13(14-15-16-17)20-9-8-19-7-6-18/h3-5,18H,6-9H2,1-2H3. The van der Waals surface area contributed by atoms with Crippen LogP contribution in [-0.4, -0.2) is 50.9 Å². The van der Waals surface area contributed by atoms with Gasteiger partial charge in [-0.05, 0) is 41.5 Å². The Kier molecular flexibility index (Phi) is 5.51. The third-order valence-corrected chi connectivity index (χ3v) is 3.82. The van der Waals surface area contributed by atoms with Gasteiger partial charge in [0.2, 0.25) is 5.16 Å². The molecule has 0 saturated heterocycles. The number of hydrogen-bond acceptors (Lipinski definition) is 6. The topological polar surface area (TPSA) is 73.1 Å². The molecule has 0 atom stereocenters. The van der Waals surface area contributed by atoms with E-state index < -0.39 is 0 Å². The van der Waals surface area contributed by atoms with Crippen molar-refractivity contribution in [1.29, 1.82) is 0 Å². The lowest BCUT2D eigenvalue weighted by Gasteiger charge is -2.09. The predicted molar refractivity (Wildman–Crippen MR) is 77.3 cm³/mol. The van der Waals surface area contributed by atoms with E-state index in [1.54, 1.807) is 4.68 Å². The van der Waals surface area contributed by atoms with Crippen molar-refractivity contribution < 1.29 is 9.84 Å². The minimum Gasteiger partial charge on any atom is -0.394 e. The molecule has 108 valence electrons. The Morgan fingerprint density at radius 2 is 2.15 bits per heavy atom. The summed E-state index contributed by atoms with van der Waals surface area (Å²) in [4.78, 5) is 0. The molecule has 0 aliphatic rings.